The van der Waals surface area contributed by atoms with Crippen molar-refractivity contribution >= 4 is 21.6 Å². The Morgan fingerprint density at radius 1 is 1.04 bits per heavy atom. The topological polar surface area (TPSA) is 75.3 Å². The van der Waals surface area contributed by atoms with Crippen LogP contribution in [0.4, 0.5) is 5.69 Å². The Hall–Kier alpha value is -2.34. The molecule has 0 aliphatic carbocycles. The van der Waals surface area contributed by atoms with E-state index in [4.69, 9.17) is 0 Å². The van der Waals surface area contributed by atoms with Gasteiger partial charge in [-0.05, 0) is 55.7 Å². The minimum atomic E-state index is -3.70. The molecule has 1 amide bonds. The van der Waals surface area contributed by atoms with Crippen molar-refractivity contribution in [2.45, 2.75) is 44.6 Å². The SMILES string of the molecule is CCc1ccccc1NS(=O)(=O)c1ccc(C(=O)NC(C)CC)cc1. The summed E-state index contributed by atoms with van der Waals surface area (Å²) in [6.45, 7) is 5.88. The van der Waals surface area contributed by atoms with Crippen LogP contribution in [0.3, 0.4) is 0 Å². The minimum absolute atomic E-state index is 0.0723. The van der Waals surface area contributed by atoms with Crippen LogP contribution >= 0.6 is 0 Å². The van der Waals surface area contributed by atoms with Gasteiger partial charge in [-0.1, -0.05) is 32.0 Å². The Morgan fingerprint density at radius 3 is 2.28 bits per heavy atom. The van der Waals surface area contributed by atoms with Crippen molar-refractivity contribution in [3.63, 3.8) is 0 Å². The van der Waals surface area contributed by atoms with E-state index in [1.807, 2.05) is 32.9 Å². The van der Waals surface area contributed by atoms with Gasteiger partial charge in [0.2, 0.25) is 0 Å². The van der Waals surface area contributed by atoms with Gasteiger partial charge in [-0.2, -0.15) is 0 Å². The van der Waals surface area contributed by atoms with Crippen LogP contribution in [-0.4, -0.2) is 20.4 Å². The van der Waals surface area contributed by atoms with E-state index in [0.717, 1.165) is 18.4 Å². The highest BCUT2D eigenvalue weighted by Gasteiger charge is 2.16. The van der Waals surface area contributed by atoms with Gasteiger partial charge in [0.15, 0.2) is 0 Å². The fourth-order valence-electron chi connectivity index (χ4n) is 2.33. The second-order valence-corrected chi connectivity index (χ2v) is 7.61. The lowest BCUT2D eigenvalue weighted by Gasteiger charge is -2.13. The summed E-state index contributed by atoms with van der Waals surface area (Å²) in [7, 11) is -3.70. The summed E-state index contributed by atoms with van der Waals surface area (Å²) in [6, 6.07) is 13.3. The zero-order chi connectivity index (χ0) is 18.4. The smallest absolute Gasteiger partial charge is 0.261 e. The minimum Gasteiger partial charge on any atom is -0.350 e. The molecule has 6 heteroatoms. The lowest BCUT2D eigenvalue weighted by atomic mass is 10.1. The van der Waals surface area contributed by atoms with Crippen molar-refractivity contribution in [1.82, 2.24) is 5.32 Å². The van der Waals surface area contributed by atoms with Gasteiger partial charge >= 0.3 is 0 Å². The van der Waals surface area contributed by atoms with Crippen molar-refractivity contribution in [1.29, 1.82) is 0 Å². The second kappa shape index (κ2) is 8.16. The lowest BCUT2D eigenvalue weighted by Crippen LogP contribution is -2.31. The van der Waals surface area contributed by atoms with E-state index in [1.54, 1.807) is 12.1 Å². The molecule has 1 unspecified atom stereocenters. The summed E-state index contributed by atoms with van der Waals surface area (Å²) in [6.07, 6.45) is 1.56. The molecular weight excluding hydrogens is 336 g/mol. The predicted molar refractivity (Wildman–Crippen MR) is 100 cm³/mol. The van der Waals surface area contributed by atoms with Gasteiger partial charge in [-0.3, -0.25) is 9.52 Å². The summed E-state index contributed by atoms with van der Waals surface area (Å²) in [5.74, 6) is -0.206. The van der Waals surface area contributed by atoms with Gasteiger partial charge in [0.25, 0.3) is 15.9 Å². The van der Waals surface area contributed by atoms with Crippen molar-refractivity contribution in [3.05, 3.63) is 59.7 Å². The fourth-order valence-corrected chi connectivity index (χ4v) is 3.43. The standard InChI is InChI=1S/C19H24N2O3S/c1-4-14(3)20-19(22)16-10-12-17(13-11-16)25(23,24)21-18-9-7-6-8-15(18)5-2/h6-14,21H,4-5H2,1-3H3,(H,20,22). The molecule has 0 radical (unpaired) electrons. The van der Waals surface area contributed by atoms with Crippen LogP contribution in [-0.2, 0) is 16.4 Å². The lowest BCUT2D eigenvalue weighted by molar-refractivity contribution is 0.0939. The van der Waals surface area contributed by atoms with Gasteiger partial charge in [0.05, 0.1) is 10.6 Å². The molecule has 2 N–H and O–H groups in total. The Balaban J connectivity index is 2.19. The van der Waals surface area contributed by atoms with Crippen LogP contribution in [0.15, 0.2) is 53.4 Å². The molecule has 0 aliphatic rings. The van der Waals surface area contributed by atoms with Crippen LogP contribution in [0.1, 0.15) is 43.1 Å². The van der Waals surface area contributed by atoms with Crippen LogP contribution in [0.5, 0.6) is 0 Å². The van der Waals surface area contributed by atoms with Crippen molar-refractivity contribution in [2.24, 2.45) is 0 Å². The highest BCUT2D eigenvalue weighted by Crippen LogP contribution is 2.20. The van der Waals surface area contributed by atoms with Gasteiger partial charge < -0.3 is 5.32 Å². The molecule has 134 valence electrons. The molecule has 0 fully saturated rings. The zero-order valence-electron chi connectivity index (χ0n) is 14.7. The number of carbonyl (C=O) groups excluding carboxylic acids is 1. The first-order valence-electron chi connectivity index (χ1n) is 8.39. The van der Waals surface area contributed by atoms with Crippen LogP contribution < -0.4 is 10.0 Å². The molecule has 5 nitrogen and oxygen atoms in total. The van der Waals surface area contributed by atoms with Gasteiger partial charge in [-0.25, -0.2) is 8.42 Å². The number of hydrogen-bond donors (Lipinski definition) is 2. The Labute approximate surface area is 149 Å². The molecular formula is C19H24N2O3S. The number of carbonyl (C=O) groups is 1. The van der Waals surface area contributed by atoms with E-state index in [9.17, 15) is 13.2 Å². The van der Waals surface area contributed by atoms with E-state index in [-0.39, 0.29) is 16.8 Å². The largest absolute Gasteiger partial charge is 0.350 e. The molecule has 0 spiro atoms. The number of sulfonamides is 1. The molecule has 0 aromatic heterocycles. The first-order chi connectivity index (χ1) is 11.9. The normalized spacial score (nSPS) is 12.4. The molecule has 0 aliphatic heterocycles. The molecule has 2 aromatic carbocycles. The Morgan fingerprint density at radius 2 is 1.68 bits per heavy atom. The third-order valence-electron chi connectivity index (χ3n) is 4.06. The fraction of sp³-hybridized carbons (Fsp3) is 0.316. The zero-order valence-corrected chi connectivity index (χ0v) is 15.6. The molecule has 1 atom stereocenters. The molecule has 0 saturated heterocycles. The van der Waals surface area contributed by atoms with Crippen LogP contribution in [0.25, 0.3) is 0 Å². The highest BCUT2D eigenvalue weighted by molar-refractivity contribution is 7.92. The quantitative estimate of drug-likeness (QED) is 0.792. The van der Waals surface area contributed by atoms with Gasteiger partial charge in [0, 0.05) is 11.6 Å². The van der Waals surface area contributed by atoms with Crippen molar-refractivity contribution in [2.75, 3.05) is 4.72 Å². The second-order valence-electron chi connectivity index (χ2n) is 5.92. The number of rotatable bonds is 7. The third kappa shape index (κ3) is 4.82. The van der Waals surface area contributed by atoms with Crippen molar-refractivity contribution < 1.29 is 13.2 Å². The van der Waals surface area contributed by atoms with E-state index in [2.05, 4.69) is 10.0 Å². The number of para-hydroxylation sites is 1. The average Bonchev–Trinajstić information content (AvgIpc) is 2.61. The Kier molecular flexibility index (Phi) is 6.20. The number of anilines is 1. The van der Waals surface area contributed by atoms with Gasteiger partial charge in [0.1, 0.15) is 0 Å². The average molecular weight is 360 g/mol. The molecule has 0 bridgehead atoms. The summed E-state index contributed by atoms with van der Waals surface area (Å²) >= 11 is 0. The first kappa shape index (κ1) is 19.0. The maximum absolute atomic E-state index is 12.6. The van der Waals surface area contributed by atoms with Gasteiger partial charge in [-0.15, -0.1) is 0 Å². The maximum Gasteiger partial charge on any atom is 0.261 e. The summed E-state index contributed by atoms with van der Waals surface area (Å²) in [4.78, 5) is 12.2. The molecule has 2 rings (SSSR count). The Bertz CT molecular complexity index is 830. The van der Waals surface area contributed by atoms with E-state index in [1.165, 1.54) is 24.3 Å². The van der Waals surface area contributed by atoms with E-state index < -0.39 is 10.0 Å². The monoisotopic (exact) mass is 360 g/mol. The predicted octanol–water partition coefficient (Wildman–Crippen LogP) is 3.58. The number of nitrogens with one attached hydrogen (secondary N) is 2. The number of benzene rings is 2. The van der Waals surface area contributed by atoms with E-state index >= 15 is 0 Å². The summed E-state index contributed by atoms with van der Waals surface area (Å²) < 4.78 is 27.7. The first-order valence-corrected chi connectivity index (χ1v) is 9.87. The van der Waals surface area contributed by atoms with Crippen LogP contribution in [0.2, 0.25) is 0 Å². The van der Waals surface area contributed by atoms with E-state index in [0.29, 0.717) is 11.3 Å². The molecule has 25 heavy (non-hydrogen) atoms. The number of aryl methyl sites for hydroxylation is 1. The highest BCUT2D eigenvalue weighted by atomic mass is 32.2. The number of amides is 1. The molecule has 0 heterocycles. The van der Waals surface area contributed by atoms with Crippen molar-refractivity contribution in [3.8, 4) is 0 Å². The molecule has 2 aromatic rings. The maximum atomic E-state index is 12.6. The summed E-state index contributed by atoms with van der Waals surface area (Å²) in [5.41, 5.74) is 1.94. The molecule has 0 saturated carbocycles. The number of hydrogen-bond acceptors (Lipinski definition) is 3. The summed E-state index contributed by atoms with van der Waals surface area (Å²) in [5, 5.41) is 2.85. The van der Waals surface area contributed by atoms with Crippen LogP contribution in [0, 0.1) is 0 Å². The third-order valence-corrected chi connectivity index (χ3v) is 5.44.